The van der Waals surface area contributed by atoms with Crippen LogP contribution >= 0.6 is 0 Å². The smallest absolute Gasteiger partial charge is 0.00999 e. The molecular formula is C19H26. The Hall–Kier alpha value is -0.780. The summed E-state index contributed by atoms with van der Waals surface area (Å²) in [5.41, 5.74) is 1.66. The molecule has 1 aromatic carbocycles. The van der Waals surface area contributed by atoms with Gasteiger partial charge in [-0.05, 0) is 66.8 Å². The third kappa shape index (κ3) is 1.95. The van der Waals surface area contributed by atoms with Gasteiger partial charge in [-0.15, -0.1) is 0 Å². The summed E-state index contributed by atoms with van der Waals surface area (Å²) in [4.78, 5) is 0. The molecule has 1 aromatic rings. The highest BCUT2D eigenvalue weighted by Gasteiger charge is 2.49. The van der Waals surface area contributed by atoms with Gasteiger partial charge in [-0.3, -0.25) is 0 Å². The van der Waals surface area contributed by atoms with Crippen LogP contribution in [0.5, 0.6) is 0 Å². The van der Waals surface area contributed by atoms with Gasteiger partial charge in [0.2, 0.25) is 0 Å². The molecule has 3 aliphatic rings. The van der Waals surface area contributed by atoms with Crippen molar-refractivity contribution in [1.82, 2.24) is 0 Å². The molecule has 0 spiro atoms. The van der Waals surface area contributed by atoms with Crippen molar-refractivity contribution in [2.75, 3.05) is 0 Å². The summed E-state index contributed by atoms with van der Waals surface area (Å²) in [6.45, 7) is 2.48. The molecule has 0 nitrogen and oxygen atoms in total. The topological polar surface area (TPSA) is 0 Å². The lowest BCUT2D eigenvalue weighted by atomic mass is 9.62. The predicted octanol–water partition coefficient (Wildman–Crippen LogP) is 5.25. The average Bonchev–Trinajstić information content (AvgIpc) is 3.01. The van der Waals surface area contributed by atoms with Gasteiger partial charge in [0.25, 0.3) is 0 Å². The molecule has 3 fully saturated rings. The second-order valence-corrected chi connectivity index (χ2v) is 7.53. The van der Waals surface area contributed by atoms with Crippen LogP contribution in [0.1, 0.15) is 56.9 Å². The Balaban J connectivity index is 1.71. The molecule has 3 aliphatic carbocycles. The van der Waals surface area contributed by atoms with E-state index >= 15 is 0 Å². The minimum atomic E-state index is 0.886. The number of rotatable bonds is 1. The van der Waals surface area contributed by atoms with Crippen molar-refractivity contribution in [3.8, 4) is 0 Å². The van der Waals surface area contributed by atoms with E-state index in [2.05, 4.69) is 37.3 Å². The number of hydrogen-bond acceptors (Lipinski definition) is 0. The number of hydrogen-bond donors (Lipinski definition) is 0. The van der Waals surface area contributed by atoms with E-state index in [9.17, 15) is 0 Å². The largest absolute Gasteiger partial charge is 0.0625 e. The van der Waals surface area contributed by atoms with Crippen LogP contribution in [0.3, 0.4) is 0 Å². The zero-order valence-corrected chi connectivity index (χ0v) is 12.1. The highest BCUT2D eigenvalue weighted by Crippen LogP contribution is 2.59. The van der Waals surface area contributed by atoms with Crippen LogP contribution in [0.2, 0.25) is 0 Å². The van der Waals surface area contributed by atoms with E-state index in [4.69, 9.17) is 0 Å². The van der Waals surface area contributed by atoms with Crippen molar-refractivity contribution in [3.63, 3.8) is 0 Å². The molecule has 19 heavy (non-hydrogen) atoms. The minimum absolute atomic E-state index is 0.886. The Morgan fingerprint density at radius 1 is 0.842 bits per heavy atom. The summed E-state index contributed by atoms with van der Waals surface area (Å²) in [5.74, 6) is 5.96. The van der Waals surface area contributed by atoms with Crippen molar-refractivity contribution in [2.45, 2.75) is 51.4 Å². The molecule has 4 rings (SSSR count). The third-order valence-electron chi connectivity index (χ3n) is 6.42. The van der Waals surface area contributed by atoms with E-state index < -0.39 is 0 Å². The van der Waals surface area contributed by atoms with E-state index in [0.29, 0.717) is 0 Å². The van der Waals surface area contributed by atoms with E-state index in [1.165, 1.54) is 32.1 Å². The number of benzene rings is 1. The molecule has 0 N–H and O–H groups in total. The molecule has 3 saturated carbocycles. The van der Waals surface area contributed by atoms with Crippen LogP contribution in [0.25, 0.3) is 0 Å². The first-order valence-corrected chi connectivity index (χ1v) is 8.38. The first kappa shape index (κ1) is 12.0. The van der Waals surface area contributed by atoms with Crippen molar-refractivity contribution in [1.29, 1.82) is 0 Å². The fourth-order valence-electron chi connectivity index (χ4n) is 5.86. The molecule has 6 atom stereocenters. The molecule has 0 saturated heterocycles. The van der Waals surface area contributed by atoms with Crippen LogP contribution in [0, 0.1) is 29.6 Å². The Morgan fingerprint density at radius 2 is 1.68 bits per heavy atom. The second kappa shape index (κ2) is 4.65. The lowest BCUT2D eigenvalue weighted by Crippen LogP contribution is -2.33. The molecule has 0 aromatic heterocycles. The Morgan fingerprint density at radius 3 is 2.53 bits per heavy atom. The zero-order valence-electron chi connectivity index (χ0n) is 12.1. The predicted molar refractivity (Wildman–Crippen MR) is 80.0 cm³/mol. The molecule has 0 aliphatic heterocycles. The molecule has 102 valence electrons. The molecule has 0 bridgehead atoms. The maximum absolute atomic E-state index is 2.48. The Bertz CT molecular complexity index is 435. The van der Waals surface area contributed by atoms with E-state index in [0.717, 1.165) is 35.5 Å². The quantitative estimate of drug-likeness (QED) is 0.642. The van der Waals surface area contributed by atoms with Gasteiger partial charge >= 0.3 is 0 Å². The van der Waals surface area contributed by atoms with Crippen molar-refractivity contribution in [3.05, 3.63) is 35.9 Å². The van der Waals surface area contributed by atoms with Gasteiger partial charge in [0.15, 0.2) is 0 Å². The SMILES string of the molecule is CC1CC2CC3CCCC3C(c3ccccc3)C2C1. The standard InChI is InChI=1S/C19H26/c1-13-10-16-12-15-8-5-9-17(15)19(18(16)11-13)14-6-3-2-4-7-14/h2-4,6-7,13,15-19H,5,8-12H2,1H3. The maximum atomic E-state index is 2.48. The van der Waals surface area contributed by atoms with Crippen molar-refractivity contribution < 1.29 is 0 Å². The van der Waals surface area contributed by atoms with Gasteiger partial charge in [-0.2, -0.15) is 0 Å². The fraction of sp³-hybridized carbons (Fsp3) is 0.684. The van der Waals surface area contributed by atoms with Gasteiger partial charge in [0.05, 0.1) is 0 Å². The molecule has 0 amide bonds. The van der Waals surface area contributed by atoms with Gasteiger partial charge < -0.3 is 0 Å². The maximum Gasteiger partial charge on any atom is -0.00999 e. The molecular weight excluding hydrogens is 228 g/mol. The summed E-state index contributed by atoms with van der Waals surface area (Å²) in [6, 6.07) is 11.5. The van der Waals surface area contributed by atoms with Crippen LogP contribution in [-0.4, -0.2) is 0 Å². The van der Waals surface area contributed by atoms with Crippen LogP contribution in [0.4, 0.5) is 0 Å². The zero-order chi connectivity index (χ0) is 12.8. The van der Waals surface area contributed by atoms with Gasteiger partial charge in [-0.1, -0.05) is 50.1 Å². The average molecular weight is 254 g/mol. The van der Waals surface area contributed by atoms with Crippen LogP contribution in [0.15, 0.2) is 30.3 Å². The molecule has 6 unspecified atom stereocenters. The van der Waals surface area contributed by atoms with Crippen molar-refractivity contribution >= 4 is 0 Å². The lowest BCUT2D eigenvalue weighted by molar-refractivity contribution is 0.122. The first-order valence-electron chi connectivity index (χ1n) is 8.38. The number of fused-ring (bicyclic) bond motifs is 2. The normalized spacial score (nSPS) is 44.9. The van der Waals surface area contributed by atoms with E-state index in [1.807, 2.05) is 0 Å². The summed E-state index contributed by atoms with van der Waals surface area (Å²) in [6.07, 6.45) is 9.08. The van der Waals surface area contributed by atoms with E-state index in [-0.39, 0.29) is 0 Å². The highest BCUT2D eigenvalue weighted by atomic mass is 14.5. The highest BCUT2D eigenvalue weighted by molar-refractivity contribution is 5.24. The third-order valence-corrected chi connectivity index (χ3v) is 6.42. The fourth-order valence-corrected chi connectivity index (χ4v) is 5.86. The summed E-state index contributed by atoms with van der Waals surface area (Å²) >= 11 is 0. The molecule has 0 heteroatoms. The second-order valence-electron chi connectivity index (χ2n) is 7.53. The van der Waals surface area contributed by atoms with Gasteiger partial charge in [0, 0.05) is 0 Å². The van der Waals surface area contributed by atoms with E-state index in [1.54, 1.807) is 12.0 Å². The Labute approximate surface area is 117 Å². The van der Waals surface area contributed by atoms with Crippen LogP contribution < -0.4 is 0 Å². The lowest BCUT2D eigenvalue weighted by Gasteiger charge is -2.43. The van der Waals surface area contributed by atoms with Gasteiger partial charge in [0.1, 0.15) is 0 Å². The van der Waals surface area contributed by atoms with Crippen LogP contribution in [-0.2, 0) is 0 Å². The monoisotopic (exact) mass is 254 g/mol. The summed E-state index contributed by atoms with van der Waals surface area (Å²) in [7, 11) is 0. The first-order chi connectivity index (χ1) is 9.33. The summed E-state index contributed by atoms with van der Waals surface area (Å²) in [5, 5.41) is 0. The van der Waals surface area contributed by atoms with Gasteiger partial charge in [-0.25, -0.2) is 0 Å². The Kier molecular flexibility index (Phi) is 2.94. The van der Waals surface area contributed by atoms with Crippen molar-refractivity contribution in [2.24, 2.45) is 29.6 Å². The minimum Gasteiger partial charge on any atom is -0.0625 e. The molecule has 0 heterocycles. The molecule has 0 radical (unpaired) electrons. The summed E-state index contributed by atoms with van der Waals surface area (Å²) < 4.78 is 0.